The van der Waals surface area contributed by atoms with Crippen LogP contribution in [0, 0.1) is 5.41 Å². The van der Waals surface area contributed by atoms with E-state index in [0.717, 1.165) is 6.42 Å². The first-order valence-corrected chi connectivity index (χ1v) is 5.11. The molecule has 1 aromatic carbocycles. The van der Waals surface area contributed by atoms with Crippen LogP contribution in [0.5, 0.6) is 0 Å². The zero-order valence-corrected chi connectivity index (χ0v) is 9.09. The van der Waals surface area contributed by atoms with Crippen LogP contribution < -0.4 is 0 Å². The van der Waals surface area contributed by atoms with Crippen molar-refractivity contribution in [1.82, 2.24) is 4.98 Å². The van der Waals surface area contributed by atoms with Crippen molar-refractivity contribution >= 4 is 10.9 Å². The van der Waals surface area contributed by atoms with Gasteiger partial charge in [-0.15, -0.1) is 0 Å². The number of hydrogen-bond donors (Lipinski definition) is 1. The molecule has 0 saturated heterocycles. The van der Waals surface area contributed by atoms with Crippen molar-refractivity contribution < 1.29 is 0 Å². The molecule has 0 saturated carbocycles. The summed E-state index contributed by atoms with van der Waals surface area (Å²) >= 11 is 0. The molecule has 1 nitrogen and oxygen atoms in total. The first-order chi connectivity index (χ1) is 6.54. The number of para-hydroxylation sites is 1. The summed E-state index contributed by atoms with van der Waals surface area (Å²) in [5, 5.41) is 1.31. The van der Waals surface area contributed by atoms with Crippen molar-refractivity contribution in [3.63, 3.8) is 0 Å². The van der Waals surface area contributed by atoms with E-state index < -0.39 is 0 Å². The predicted molar refractivity (Wildman–Crippen MR) is 61.5 cm³/mol. The van der Waals surface area contributed by atoms with Gasteiger partial charge in [0.2, 0.25) is 0 Å². The third kappa shape index (κ3) is 1.98. The Morgan fingerprint density at radius 1 is 1.14 bits per heavy atom. The molecule has 0 fully saturated rings. The number of H-pyrrole nitrogens is 1. The SMILES string of the molecule is CC(C)(C)Cc1cc2ccccc2[nH]1. The van der Waals surface area contributed by atoms with Gasteiger partial charge in [0.15, 0.2) is 0 Å². The van der Waals surface area contributed by atoms with Gasteiger partial charge >= 0.3 is 0 Å². The fourth-order valence-electron chi connectivity index (χ4n) is 1.80. The van der Waals surface area contributed by atoms with Crippen LogP contribution in [-0.4, -0.2) is 4.98 Å². The lowest BCUT2D eigenvalue weighted by Crippen LogP contribution is -2.09. The molecule has 1 heterocycles. The Bertz CT molecular complexity index is 399. The van der Waals surface area contributed by atoms with Crippen LogP contribution in [0.4, 0.5) is 0 Å². The molecule has 1 aromatic heterocycles. The van der Waals surface area contributed by atoms with Crippen LogP contribution in [0.3, 0.4) is 0 Å². The van der Waals surface area contributed by atoms with Gasteiger partial charge in [0.05, 0.1) is 0 Å². The molecule has 1 heteroatoms. The summed E-state index contributed by atoms with van der Waals surface area (Å²) in [6.07, 6.45) is 1.10. The van der Waals surface area contributed by atoms with E-state index in [9.17, 15) is 0 Å². The van der Waals surface area contributed by atoms with Gasteiger partial charge in [-0.25, -0.2) is 0 Å². The third-order valence-electron chi connectivity index (χ3n) is 2.31. The number of fused-ring (bicyclic) bond motifs is 1. The van der Waals surface area contributed by atoms with Crippen LogP contribution >= 0.6 is 0 Å². The molecule has 0 bridgehead atoms. The molecule has 0 aliphatic carbocycles. The minimum atomic E-state index is 0.348. The molecule has 0 unspecified atom stereocenters. The number of aromatic nitrogens is 1. The van der Waals surface area contributed by atoms with Crippen LogP contribution in [0.15, 0.2) is 30.3 Å². The second kappa shape index (κ2) is 3.16. The van der Waals surface area contributed by atoms with E-state index in [1.165, 1.54) is 16.6 Å². The van der Waals surface area contributed by atoms with Gasteiger partial charge in [0.1, 0.15) is 0 Å². The second-order valence-electron chi connectivity index (χ2n) is 5.12. The van der Waals surface area contributed by atoms with E-state index >= 15 is 0 Å². The van der Waals surface area contributed by atoms with E-state index in [1.54, 1.807) is 0 Å². The van der Waals surface area contributed by atoms with Crippen molar-refractivity contribution in [2.75, 3.05) is 0 Å². The predicted octanol–water partition coefficient (Wildman–Crippen LogP) is 3.76. The van der Waals surface area contributed by atoms with Crippen molar-refractivity contribution in [1.29, 1.82) is 0 Å². The standard InChI is InChI=1S/C13H17N/c1-13(2,3)9-11-8-10-6-4-5-7-12(10)14-11/h4-8,14H,9H2,1-3H3. The number of benzene rings is 1. The lowest BCUT2D eigenvalue weighted by Gasteiger charge is -2.16. The van der Waals surface area contributed by atoms with Gasteiger partial charge < -0.3 is 4.98 Å². The van der Waals surface area contributed by atoms with E-state index in [0.29, 0.717) is 5.41 Å². The van der Waals surface area contributed by atoms with Gasteiger partial charge in [0, 0.05) is 11.2 Å². The lowest BCUT2D eigenvalue weighted by atomic mass is 9.91. The molecule has 14 heavy (non-hydrogen) atoms. The Morgan fingerprint density at radius 3 is 2.50 bits per heavy atom. The normalized spacial score (nSPS) is 12.2. The molecule has 0 amide bonds. The Kier molecular flexibility index (Phi) is 2.10. The summed E-state index contributed by atoms with van der Waals surface area (Å²) in [7, 11) is 0. The Labute approximate surface area is 85.1 Å². The summed E-state index contributed by atoms with van der Waals surface area (Å²) in [5.41, 5.74) is 2.92. The summed E-state index contributed by atoms with van der Waals surface area (Å²) in [6, 6.07) is 10.7. The lowest BCUT2D eigenvalue weighted by molar-refractivity contribution is 0.407. The molecular formula is C13H17N. The minimum Gasteiger partial charge on any atom is -0.358 e. The number of nitrogens with one attached hydrogen (secondary N) is 1. The third-order valence-corrected chi connectivity index (χ3v) is 2.31. The largest absolute Gasteiger partial charge is 0.358 e. The first kappa shape index (κ1) is 9.32. The molecule has 1 N–H and O–H groups in total. The first-order valence-electron chi connectivity index (χ1n) is 5.11. The highest BCUT2D eigenvalue weighted by atomic mass is 14.7. The van der Waals surface area contributed by atoms with Gasteiger partial charge in [-0.3, -0.25) is 0 Å². The second-order valence-corrected chi connectivity index (χ2v) is 5.12. The molecule has 0 radical (unpaired) electrons. The van der Waals surface area contributed by atoms with E-state index in [2.05, 4.69) is 56.1 Å². The molecule has 2 aromatic rings. The smallest absolute Gasteiger partial charge is 0.0456 e. The Hall–Kier alpha value is -1.24. The summed E-state index contributed by atoms with van der Waals surface area (Å²) < 4.78 is 0. The average Bonchev–Trinajstić information content (AvgIpc) is 2.42. The molecule has 0 spiro atoms. The van der Waals surface area contributed by atoms with E-state index in [1.807, 2.05) is 0 Å². The fraction of sp³-hybridized carbons (Fsp3) is 0.385. The topological polar surface area (TPSA) is 15.8 Å². The Morgan fingerprint density at radius 2 is 1.86 bits per heavy atom. The van der Waals surface area contributed by atoms with Crippen LogP contribution in [0.1, 0.15) is 26.5 Å². The molecule has 0 atom stereocenters. The summed E-state index contributed by atoms with van der Waals surface area (Å²) in [4.78, 5) is 3.45. The maximum absolute atomic E-state index is 3.45. The highest BCUT2D eigenvalue weighted by Gasteiger charge is 2.12. The van der Waals surface area contributed by atoms with Gasteiger partial charge in [0.25, 0.3) is 0 Å². The van der Waals surface area contributed by atoms with Crippen molar-refractivity contribution in [3.8, 4) is 0 Å². The molecule has 0 aliphatic rings. The molecule has 0 aliphatic heterocycles. The van der Waals surface area contributed by atoms with Gasteiger partial charge in [-0.2, -0.15) is 0 Å². The summed E-state index contributed by atoms with van der Waals surface area (Å²) in [6.45, 7) is 6.79. The van der Waals surface area contributed by atoms with Gasteiger partial charge in [-0.1, -0.05) is 39.0 Å². The monoisotopic (exact) mass is 187 g/mol. The number of aromatic amines is 1. The van der Waals surface area contributed by atoms with E-state index in [4.69, 9.17) is 0 Å². The zero-order chi connectivity index (χ0) is 10.2. The fourth-order valence-corrected chi connectivity index (χ4v) is 1.80. The molecule has 2 rings (SSSR count). The van der Waals surface area contributed by atoms with Crippen LogP contribution in [0.25, 0.3) is 10.9 Å². The maximum atomic E-state index is 3.45. The number of rotatable bonds is 1. The maximum Gasteiger partial charge on any atom is 0.0456 e. The van der Waals surface area contributed by atoms with Gasteiger partial charge in [-0.05, 0) is 29.4 Å². The highest BCUT2D eigenvalue weighted by Crippen LogP contribution is 2.23. The van der Waals surface area contributed by atoms with Crippen molar-refractivity contribution in [3.05, 3.63) is 36.0 Å². The average molecular weight is 187 g/mol. The Balaban J connectivity index is 2.36. The van der Waals surface area contributed by atoms with Crippen molar-refractivity contribution in [2.45, 2.75) is 27.2 Å². The summed E-state index contributed by atoms with van der Waals surface area (Å²) in [5.74, 6) is 0. The number of hydrogen-bond acceptors (Lipinski definition) is 0. The van der Waals surface area contributed by atoms with Crippen molar-refractivity contribution in [2.24, 2.45) is 5.41 Å². The highest BCUT2D eigenvalue weighted by molar-refractivity contribution is 5.80. The minimum absolute atomic E-state index is 0.348. The zero-order valence-electron chi connectivity index (χ0n) is 9.09. The van der Waals surface area contributed by atoms with Crippen LogP contribution in [0.2, 0.25) is 0 Å². The molecular weight excluding hydrogens is 170 g/mol. The van der Waals surface area contributed by atoms with Crippen LogP contribution in [-0.2, 0) is 6.42 Å². The molecule has 74 valence electrons. The quantitative estimate of drug-likeness (QED) is 0.699. The van der Waals surface area contributed by atoms with E-state index in [-0.39, 0.29) is 0 Å².